The molecule has 0 spiro atoms. The number of rotatable bonds is 4. The Morgan fingerprint density at radius 1 is 1.53 bits per heavy atom. The molecule has 0 bridgehead atoms. The van der Waals surface area contributed by atoms with Gasteiger partial charge >= 0.3 is 12.1 Å². The number of aliphatic hydroxyl groups excluding tert-OH is 1. The topological polar surface area (TPSA) is 87.1 Å². The van der Waals surface area contributed by atoms with Crippen LogP contribution < -0.4 is 0 Å². The lowest BCUT2D eigenvalue weighted by Gasteiger charge is -2.30. The van der Waals surface area contributed by atoms with Crippen LogP contribution in [-0.4, -0.2) is 52.0 Å². The highest BCUT2D eigenvalue weighted by Gasteiger charge is 2.50. The van der Waals surface area contributed by atoms with Gasteiger partial charge in [-0.1, -0.05) is 13.3 Å². The highest BCUT2D eigenvalue weighted by Crippen LogP contribution is 2.30. The molecule has 1 amide bonds. The molecule has 0 aliphatic carbocycles. The van der Waals surface area contributed by atoms with Gasteiger partial charge < -0.3 is 14.9 Å². The summed E-state index contributed by atoms with van der Waals surface area (Å²) in [5.74, 6) is -0.579. The van der Waals surface area contributed by atoms with E-state index >= 15 is 0 Å². The van der Waals surface area contributed by atoms with E-state index in [1.165, 1.54) is 6.92 Å². The fraction of sp³-hybridized carbons (Fsp3) is 0.818. The molecular weight excluding hydrogens is 226 g/mol. The smallest absolute Gasteiger partial charge is 0.408 e. The fourth-order valence-electron chi connectivity index (χ4n) is 1.99. The van der Waals surface area contributed by atoms with E-state index in [-0.39, 0.29) is 19.6 Å². The molecule has 1 aliphatic heterocycles. The van der Waals surface area contributed by atoms with E-state index < -0.39 is 23.7 Å². The molecular formula is C11H19NO5. The monoisotopic (exact) mass is 245 g/mol. The maximum Gasteiger partial charge on any atom is 0.408 e. The average molecular weight is 245 g/mol. The summed E-state index contributed by atoms with van der Waals surface area (Å²) in [5, 5.41) is 18.5. The quantitative estimate of drug-likeness (QED) is 0.566. The molecule has 17 heavy (non-hydrogen) atoms. The summed E-state index contributed by atoms with van der Waals surface area (Å²) in [6.45, 7) is 3.70. The summed E-state index contributed by atoms with van der Waals surface area (Å²) in [6.07, 6.45) is -0.289. The highest BCUT2D eigenvalue weighted by atomic mass is 16.5. The first kappa shape index (κ1) is 13.8. The Hall–Kier alpha value is -1.30. The molecule has 1 heterocycles. The van der Waals surface area contributed by atoms with Crippen molar-refractivity contribution in [3.05, 3.63) is 0 Å². The number of amides is 1. The van der Waals surface area contributed by atoms with Crippen LogP contribution in [0.15, 0.2) is 0 Å². The minimum atomic E-state index is -1.26. The van der Waals surface area contributed by atoms with E-state index in [1.807, 2.05) is 6.92 Å². The Kier molecular flexibility index (Phi) is 4.34. The lowest BCUT2D eigenvalue weighted by molar-refractivity contribution is -0.154. The van der Waals surface area contributed by atoms with E-state index in [4.69, 9.17) is 9.84 Å². The largest absolute Gasteiger partial charge is 0.465 e. The van der Waals surface area contributed by atoms with Crippen molar-refractivity contribution >= 4 is 12.1 Å². The van der Waals surface area contributed by atoms with Gasteiger partial charge in [-0.3, -0.25) is 4.90 Å². The van der Waals surface area contributed by atoms with Crippen LogP contribution in [0.4, 0.5) is 4.79 Å². The normalized spacial score (nSPS) is 28.2. The molecule has 0 radical (unpaired) electrons. The second-order valence-electron chi connectivity index (χ2n) is 4.51. The Bertz CT molecular complexity index is 306. The van der Waals surface area contributed by atoms with Gasteiger partial charge in [0.15, 0.2) is 0 Å². The number of unbranched alkanes of at least 4 members (excludes halogenated alkanes) is 1. The summed E-state index contributed by atoms with van der Waals surface area (Å²) >= 11 is 0. The second-order valence-corrected chi connectivity index (χ2v) is 4.51. The van der Waals surface area contributed by atoms with Crippen LogP contribution >= 0.6 is 0 Å². The zero-order chi connectivity index (χ0) is 13.1. The van der Waals surface area contributed by atoms with Crippen molar-refractivity contribution < 1.29 is 24.5 Å². The van der Waals surface area contributed by atoms with Gasteiger partial charge in [-0.05, 0) is 13.3 Å². The number of aliphatic hydroxyl groups is 1. The molecule has 6 nitrogen and oxygen atoms in total. The van der Waals surface area contributed by atoms with Crippen molar-refractivity contribution in [2.45, 2.75) is 44.8 Å². The maximum atomic E-state index is 11.9. The Morgan fingerprint density at radius 2 is 2.18 bits per heavy atom. The predicted octanol–water partition coefficient (Wildman–Crippen LogP) is 0.833. The number of likely N-dealkylation sites (tertiary alicyclic amines) is 1. The minimum Gasteiger partial charge on any atom is -0.465 e. The SMILES string of the molecule is CCCCOC(=O)C1(C)CC(O)CN1C(=O)O. The number of β-amino-alcohol motifs (C(OH)–C–C–N with tert-alkyl or cyclic N) is 1. The van der Waals surface area contributed by atoms with Gasteiger partial charge in [0.05, 0.1) is 19.3 Å². The van der Waals surface area contributed by atoms with Gasteiger partial charge in [-0.25, -0.2) is 9.59 Å². The summed E-state index contributed by atoms with van der Waals surface area (Å²) in [5.41, 5.74) is -1.26. The van der Waals surface area contributed by atoms with Crippen LogP contribution in [0, 0.1) is 0 Å². The van der Waals surface area contributed by atoms with E-state index in [9.17, 15) is 14.7 Å². The standard InChI is InChI=1S/C11H19NO5/c1-3-4-5-17-9(14)11(2)6-8(13)7-12(11)10(15)16/h8,13H,3-7H2,1-2H3,(H,15,16). The van der Waals surface area contributed by atoms with Gasteiger partial charge in [0.1, 0.15) is 5.54 Å². The van der Waals surface area contributed by atoms with Crippen molar-refractivity contribution in [2.75, 3.05) is 13.2 Å². The summed E-state index contributed by atoms with van der Waals surface area (Å²) in [7, 11) is 0. The molecule has 1 aliphatic rings. The van der Waals surface area contributed by atoms with Crippen LogP contribution in [0.25, 0.3) is 0 Å². The number of hydrogen-bond acceptors (Lipinski definition) is 4. The van der Waals surface area contributed by atoms with Crippen molar-refractivity contribution in [3.63, 3.8) is 0 Å². The van der Waals surface area contributed by atoms with Crippen LogP contribution in [0.2, 0.25) is 0 Å². The third kappa shape index (κ3) is 2.88. The summed E-state index contributed by atoms with van der Waals surface area (Å²) < 4.78 is 5.04. The molecule has 1 rings (SSSR count). The first-order chi connectivity index (χ1) is 7.91. The third-order valence-electron chi connectivity index (χ3n) is 3.02. The molecule has 2 N–H and O–H groups in total. The zero-order valence-corrected chi connectivity index (χ0v) is 10.2. The van der Waals surface area contributed by atoms with E-state index in [1.54, 1.807) is 0 Å². The summed E-state index contributed by atoms with van der Waals surface area (Å²) in [4.78, 5) is 23.8. The number of carbonyl (C=O) groups excluding carboxylic acids is 1. The second kappa shape index (κ2) is 5.35. The lowest BCUT2D eigenvalue weighted by atomic mass is 9.98. The zero-order valence-electron chi connectivity index (χ0n) is 10.2. The third-order valence-corrected chi connectivity index (χ3v) is 3.02. The highest BCUT2D eigenvalue weighted by molar-refractivity contribution is 5.85. The molecule has 0 saturated carbocycles. The van der Waals surface area contributed by atoms with Gasteiger partial charge in [-0.2, -0.15) is 0 Å². The van der Waals surface area contributed by atoms with Crippen LogP contribution in [0.3, 0.4) is 0 Å². The molecule has 6 heteroatoms. The molecule has 0 aromatic carbocycles. The molecule has 2 unspecified atom stereocenters. The number of hydrogen-bond donors (Lipinski definition) is 2. The Morgan fingerprint density at radius 3 is 2.71 bits per heavy atom. The van der Waals surface area contributed by atoms with Crippen molar-refractivity contribution in [3.8, 4) is 0 Å². The van der Waals surface area contributed by atoms with Crippen LogP contribution in [0.5, 0.6) is 0 Å². The van der Waals surface area contributed by atoms with Gasteiger partial charge in [-0.15, -0.1) is 0 Å². The average Bonchev–Trinajstić information content (AvgIpc) is 2.56. The molecule has 0 aromatic heterocycles. The molecule has 2 atom stereocenters. The predicted molar refractivity (Wildman–Crippen MR) is 59.6 cm³/mol. The molecule has 98 valence electrons. The van der Waals surface area contributed by atoms with E-state index in [2.05, 4.69) is 0 Å². The summed E-state index contributed by atoms with van der Waals surface area (Å²) in [6, 6.07) is 0. The first-order valence-corrected chi connectivity index (χ1v) is 5.77. The van der Waals surface area contributed by atoms with Crippen molar-refractivity contribution in [1.82, 2.24) is 4.90 Å². The van der Waals surface area contributed by atoms with Crippen molar-refractivity contribution in [2.24, 2.45) is 0 Å². The van der Waals surface area contributed by atoms with Crippen LogP contribution in [0.1, 0.15) is 33.1 Å². The number of carbonyl (C=O) groups is 2. The van der Waals surface area contributed by atoms with Crippen LogP contribution in [-0.2, 0) is 9.53 Å². The Balaban J connectivity index is 2.70. The molecule has 1 fully saturated rings. The lowest BCUT2D eigenvalue weighted by Crippen LogP contribution is -2.51. The molecule has 1 saturated heterocycles. The number of esters is 1. The molecule has 0 aromatic rings. The van der Waals surface area contributed by atoms with Gasteiger partial charge in [0.25, 0.3) is 0 Å². The number of carboxylic acid groups (broad SMARTS) is 1. The van der Waals surface area contributed by atoms with E-state index in [0.717, 1.165) is 17.7 Å². The maximum absolute atomic E-state index is 11.9. The van der Waals surface area contributed by atoms with E-state index in [0.29, 0.717) is 0 Å². The fourth-order valence-corrected chi connectivity index (χ4v) is 1.99. The van der Waals surface area contributed by atoms with Crippen molar-refractivity contribution in [1.29, 1.82) is 0 Å². The minimum absolute atomic E-state index is 0.0469. The first-order valence-electron chi connectivity index (χ1n) is 5.77. The van der Waals surface area contributed by atoms with Gasteiger partial charge in [0.2, 0.25) is 0 Å². The number of ether oxygens (including phenoxy) is 1. The number of nitrogens with zero attached hydrogens (tertiary/aromatic N) is 1. The van der Waals surface area contributed by atoms with Gasteiger partial charge in [0, 0.05) is 6.42 Å². The Labute approximate surface area is 100 Å².